The molecule has 21 heavy (non-hydrogen) atoms. The fraction of sp³-hybridized carbons (Fsp3) is 0.333. The molecule has 0 radical (unpaired) electrons. The van der Waals surface area contributed by atoms with Crippen LogP contribution in [-0.2, 0) is 6.54 Å². The summed E-state index contributed by atoms with van der Waals surface area (Å²) in [6, 6.07) is 19.1. The van der Waals surface area contributed by atoms with Crippen molar-refractivity contribution in [3.05, 3.63) is 70.7 Å². The third-order valence-corrected chi connectivity index (χ3v) is 3.90. The Morgan fingerprint density at radius 3 is 2.33 bits per heavy atom. The van der Waals surface area contributed by atoms with Gasteiger partial charge in [-0.05, 0) is 36.9 Å². The summed E-state index contributed by atoms with van der Waals surface area (Å²) in [7, 11) is 2.17. The van der Waals surface area contributed by atoms with Crippen molar-refractivity contribution in [2.75, 3.05) is 20.1 Å². The second-order valence-corrected chi connectivity index (χ2v) is 5.71. The van der Waals surface area contributed by atoms with E-state index in [4.69, 9.17) is 11.6 Å². The van der Waals surface area contributed by atoms with E-state index in [0.717, 1.165) is 24.7 Å². The topological polar surface area (TPSA) is 15.3 Å². The molecule has 0 aliphatic heterocycles. The van der Waals surface area contributed by atoms with Crippen LogP contribution in [0.25, 0.3) is 0 Å². The monoisotopic (exact) mass is 302 g/mol. The Bertz CT molecular complexity index is 525. The summed E-state index contributed by atoms with van der Waals surface area (Å²) in [5.74, 6) is 0. The quantitative estimate of drug-likeness (QED) is 0.827. The highest BCUT2D eigenvalue weighted by Crippen LogP contribution is 2.21. The predicted octanol–water partition coefficient (Wildman–Crippen LogP) is 4.12. The lowest BCUT2D eigenvalue weighted by atomic mass is 10.0. The Balaban J connectivity index is 2.10. The maximum absolute atomic E-state index is 5.95. The summed E-state index contributed by atoms with van der Waals surface area (Å²) in [6.45, 7) is 4.98. The molecular formula is C18H23ClN2. The van der Waals surface area contributed by atoms with Crippen LogP contribution in [0.2, 0.25) is 5.02 Å². The fourth-order valence-corrected chi connectivity index (χ4v) is 2.60. The molecule has 1 unspecified atom stereocenters. The van der Waals surface area contributed by atoms with Crippen LogP contribution in [0, 0.1) is 0 Å². The average molecular weight is 303 g/mol. The summed E-state index contributed by atoms with van der Waals surface area (Å²) >= 11 is 5.95. The molecule has 0 heterocycles. The predicted molar refractivity (Wildman–Crippen MR) is 90.6 cm³/mol. The first-order valence-corrected chi connectivity index (χ1v) is 7.79. The van der Waals surface area contributed by atoms with E-state index in [9.17, 15) is 0 Å². The zero-order valence-corrected chi connectivity index (χ0v) is 13.5. The molecule has 2 aromatic rings. The van der Waals surface area contributed by atoms with E-state index < -0.39 is 0 Å². The van der Waals surface area contributed by atoms with Crippen LogP contribution in [0.3, 0.4) is 0 Å². The van der Waals surface area contributed by atoms with E-state index in [1.807, 2.05) is 12.1 Å². The van der Waals surface area contributed by atoms with Gasteiger partial charge >= 0.3 is 0 Å². The molecule has 0 aromatic heterocycles. The Labute approximate surface area is 132 Å². The van der Waals surface area contributed by atoms with E-state index >= 15 is 0 Å². The van der Waals surface area contributed by atoms with Crippen molar-refractivity contribution in [1.29, 1.82) is 0 Å². The maximum Gasteiger partial charge on any atom is 0.0473 e. The Hall–Kier alpha value is -1.35. The van der Waals surface area contributed by atoms with Gasteiger partial charge in [0.15, 0.2) is 0 Å². The highest BCUT2D eigenvalue weighted by Gasteiger charge is 2.16. The van der Waals surface area contributed by atoms with Crippen LogP contribution < -0.4 is 5.32 Å². The Morgan fingerprint density at radius 1 is 1.05 bits per heavy atom. The van der Waals surface area contributed by atoms with Crippen LogP contribution in [0.1, 0.15) is 24.1 Å². The highest BCUT2D eigenvalue weighted by atomic mass is 35.5. The van der Waals surface area contributed by atoms with E-state index in [1.54, 1.807) is 0 Å². The number of nitrogens with one attached hydrogen (secondary N) is 1. The Kier molecular flexibility index (Phi) is 6.24. The standard InChI is InChI=1S/C18H23ClN2/c1-3-20-13-18(16-7-5-4-6-8-16)21(2)14-15-9-11-17(19)12-10-15/h4-12,18,20H,3,13-14H2,1-2H3. The van der Waals surface area contributed by atoms with E-state index in [0.29, 0.717) is 6.04 Å². The van der Waals surface area contributed by atoms with Gasteiger partial charge in [0.05, 0.1) is 0 Å². The van der Waals surface area contributed by atoms with E-state index in [-0.39, 0.29) is 0 Å². The van der Waals surface area contributed by atoms with E-state index in [2.05, 4.69) is 66.7 Å². The van der Waals surface area contributed by atoms with Gasteiger partial charge < -0.3 is 5.32 Å². The van der Waals surface area contributed by atoms with Crippen LogP contribution in [0.15, 0.2) is 54.6 Å². The maximum atomic E-state index is 5.95. The van der Waals surface area contributed by atoms with Crippen molar-refractivity contribution < 1.29 is 0 Å². The lowest BCUT2D eigenvalue weighted by Gasteiger charge is -2.29. The minimum Gasteiger partial charge on any atom is -0.315 e. The van der Waals surface area contributed by atoms with Gasteiger partial charge in [-0.25, -0.2) is 0 Å². The molecule has 0 aliphatic carbocycles. The van der Waals surface area contributed by atoms with Crippen LogP contribution in [0.4, 0.5) is 0 Å². The largest absolute Gasteiger partial charge is 0.315 e. The van der Waals surface area contributed by atoms with E-state index in [1.165, 1.54) is 11.1 Å². The molecule has 0 amide bonds. The lowest BCUT2D eigenvalue weighted by Crippen LogP contribution is -2.33. The van der Waals surface area contributed by atoms with Gasteiger partial charge in [0.2, 0.25) is 0 Å². The van der Waals surface area contributed by atoms with Crippen molar-refractivity contribution >= 4 is 11.6 Å². The first-order chi connectivity index (χ1) is 10.2. The molecule has 112 valence electrons. The van der Waals surface area contributed by atoms with Gasteiger partial charge in [0.25, 0.3) is 0 Å². The van der Waals surface area contributed by atoms with Gasteiger partial charge in [-0.1, -0.05) is 61.0 Å². The first kappa shape index (κ1) is 16.0. The smallest absolute Gasteiger partial charge is 0.0473 e. The lowest BCUT2D eigenvalue weighted by molar-refractivity contribution is 0.231. The molecule has 1 atom stereocenters. The van der Waals surface area contributed by atoms with Crippen LogP contribution in [0.5, 0.6) is 0 Å². The third kappa shape index (κ3) is 4.85. The number of likely N-dealkylation sites (N-methyl/N-ethyl adjacent to an activating group) is 2. The first-order valence-electron chi connectivity index (χ1n) is 7.41. The molecule has 2 rings (SSSR count). The van der Waals surface area contributed by atoms with Crippen molar-refractivity contribution in [3.63, 3.8) is 0 Å². The van der Waals surface area contributed by atoms with Crippen molar-refractivity contribution in [3.8, 4) is 0 Å². The Morgan fingerprint density at radius 2 is 1.71 bits per heavy atom. The second kappa shape index (κ2) is 8.18. The van der Waals surface area contributed by atoms with Crippen molar-refractivity contribution in [1.82, 2.24) is 10.2 Å². The number of hydrogen-bond donors (Lipinski definition) is 1. The molecule has 0 fully saturated rings. The molecule has 1 N–H and O–H groups in total. The number of halogens is 1. The zero-order chi connectivity index (χ0) is 15.1. The summed E-state index contributed by atoms with van der Waals surface area (Å²) < 4.78 is 0. The summed E-state index contributed by atoms with van der Waals surface area (Å²) in [4.78, 5) is 2.38. The zero-order valence-electron chi connectivity index (χ0n) is 12.7. The molecule has 0 spiro atoms. The second-order valence-electron chi connectivity index (χ2n) is 5.28. The van der Waals surface area contributed by atoms with Gasteiger partial charge in [-0.3, -0.25) is 4.90 Å². The minimum atomic E-state index is 0.363. The summed E-state index contributed by atoms with van der Waals surface area (Å²) in [5.41, 5.74) is 2.62. The molecule has 2 nitrogen and oxygen atoms in total. The minimum absolute atomic E-state index is 0.363. The van der Waals surface area contributed by atoms with Crippen molar-refractivity contribution in [2.45, 2.75) is 19.5 Å². The number of hydrogen-bond acceptors (Lipinski definition) is 2. The molecule has 0 saturated heterocycles. The average Bonchev–Trinajstić information content (AvgIpc) is 2.51. The van der Waals surface area contributed by atoms with Gasteiger partial charge in [-0.2, -0.15) is 0 Å². The number of nitrogens with zero attached hydrogens (tertiary/aromatic N) is 1. The number of benzene rings is 2. The molecule has 0 bridgehead atoms. The van der Waals surface area contributed by atoms with Gasteiger partial charge in [-0.15, -0.1) is 0 Å². The third-order valence-electron chi connectivity index (χ3n) is 3.65. The summed E-state index contributed by atoms with van der Waals surface area (Å²) in [6.07, 6.45) is 0. The molecule has 2 aromatic carbocycles. The fourth-order valence-electron chi connectivity index (χ4n) is 2.47. The molecule has 3 heteroatoms. The van der Waals surface area contributed by atoms with Crippen molar-refractivity contribution in [2.24, 2.45) is 0 Å². The summed E-state index contributed by atoms with van der Waals surface area (Å²) in [5, 5.41) is 4.25. The SMILES string of the molecule is CCNCC(c1ccccc1)N(C)Cc1ccc(Cl)cc1. The van der Waals surface area contributed by atoms with Crippen LogP contribution in [-0.4, -0.2) is 25.0 Å². The molecular weight excluding hydrogens is 280 g/mol. The van der Waals surface area contributed by atoms with Gasteiger partial charge in [0, 0.05) is 24.2 Å². The number of rotatable bonds is 7. The molecule has 0 aliphatic rings. The molecule has 0 saturated carbocycles. The van der Waals surface area contributed by atoms with Crippen LogP contribution >= 0.6 is 11.6 Å². The normalized spacial score (nSPS) is 12.6. The highest BCUT2D eigenvalue weighted by molar-refractivity contribution is 6.30. The van der Waals surface area contributed by atoms with Gasteiger partial charge in [0.1, 0.15) is 0 Å².